The monoisotopic (exact) mass is 269 g/mol. The maximum Gasteiger partial charge on any atom is 0.356 e. The fraction of sp³-hybridized carbons (Fsp3) is 0.333. The molecule has 0 atom stereocenters. The normalized spacial score (nSPS) is 10.6. The fourth-order valence-corrected chi connectivity index (χ4v) is 1.58. The van der Waals surface area contributed by atoms with E-state index in [1.807, 2.05) is 0 Å². The summed E-state index contributed by atoms with van der Waals surface area (Å²) >= 11 is 11.2. The molecule has 0 unspecified atom stereocenters. The number of nitrogens with zero attached hydrogens (tertiary/aromatic N) is 1. The van der Waals surface area contributed by atoms with Crippen molar-refractivity contribution < 1.29 is 18.3 Å². The summed E-state index contributed by atoms with van der Waals surface area (Å²) in [6, 6.07) is 1.23. The van der Waals surface area contributed by atoms with Crippen LogP contribution in [0.4, 0.5) is 8.78 Å². The van der Waals surface area contributed by atoms with Crippen molar-refractivity contribution in [2.24, 2.45) is 0 Å². The predicted octanol–water partition coefficient (Wildman–Crippen LogP) is 3.20. The number of pyridine rings is 1. The number of hydrogen-bond acceptors (Lipinski definition) is 3. The Labute approximate surface area is 100 Å². The van der Waals surface area contributed by atoms with Crippen LogP contribution in [0.2, 0.25) is 5.02 Å². The quantitative estimate of drug-likeness (QED) is 0.625. The standard InChI is InChI=1S/C9H7Cl2F2NO2/c1-16-9(15)5-2-4(3-10)6(11)7(14-5)8(12)13/h2,8H,3H2,1H3. The molecule has 16 heavy (non-hydrogen) atoms. The van der Waals surface area contributed by atoms with Gasteiger partial charge in [-0.15, -0.1) is 11.6 Å². The van der Waals surface area contributed by atoms with Crippen LogP contribution in [0.5, 0.6) is 0 Å². The van der Waals surface area contributed by atoms with Crippen molar-refractivity contribution in [3.05, 3.63) is 28.0 Å². The third-order valence-electron chi connectivity index (χ3n) is 1.80. The summed E-state index contributed by atoms with van der Waals surface area (Å²) in [6.07, 6.45) is -2.88. The van der Waals surface area contributed by atoms with Crippen molar-refractivity contribution in [3.63, 3.8) is 0 Å². The highest BCUT2D eigenvalue weighted by atomic mass is 35.5. The van der Waals surface area contributed by atoms with Gasteiger partial charge in [-0.2, -0.15) is 0 Å². The zero-order valence-corrected chi connectivity index (χ0v) is 9.65. The van der Waals surface area contributed by atoms with E-state index >= 15 is 0 Å². The first kappa shape index (κ1) is 13.1. The van der Waals surface area contributed by atoms with E-state index in [2.05, 4.69) is 9.72 Å². The molecule has 1 aromatic heterocycles. The molecule has 0 aliphatic heterocycles. The zero-order valence-electron chi connectivity index (χ0n) is 8.14. The second-order valence-corrected chi connectivity index (χ2v) is 3.44. The lowest BCUT2D eigenvalue weighted by Gasteiger charge is -2.08. The van der Waals surface area contributed by atoms with E-state index in [0.717, 1.165) is 7.11 Å². The van der Waals surface area contributed by atoms with Crippen LogP contribution in [0.1, 0.15) is 28.2 Å². The molecule has 0 saturated heterocycles. The molecule has 0 aromatic carbocycles. The third kappa shape index (κ3) is 2.59. The van der Waals surface area contributed by atoms with E-state index in [1.54, 1.807) is 0 Å². The molecule has 0 aliphatic carbocycles. The van der Waals surface area contributed by atoms with Crippen LogP contribution in [0.25, 0.3) is 0 Å². The van der Waals surface area contributed by atoms with Gasteiger partial charge in [0.15, 0.2) is 0 Å². The Hall–Kier alpha value is -0.940. The maximum atomic E-state index is 12.5. The van der Waals surface area contributed by atoms with Crippen molar-refractivity contribution in [2.45, 2.75) is 12.3 Å². The van der Waals surface area contributed by atoms with Crippen molar-refractivity contribution in [1.29, 1.82) is 0 Å². The van der Waals surface area contributed by atoms with Crippen LogP contribution in [-0.4, -0.2) is 18.1 Å². The number of hydrogen-bond donors (Lipinski definition) is 0. The second-order valence-electron chi connectivity index (χ2n) is 2.79. The molecule has 1 heterocycles. The number of methoxy groups -OCH3 is 1. The molecule has 1 aromatic rings. The number of halogens is 4. The summed E-state index contributed by atoms with van der Waals surface area (Å²) in [5.74, 6) is -0.907. The van der Waals surface area contributed by atoms with Gasteiger partial charge in [0.1, 0.15) is 11.4 Å². The van der Waals surface area contributed by atoms with Crippen molar-refractivity contribution in [3.8, 4) is 0 Å². The molecule has 0 radical (unpaired) electrons. The van der Waals surface area contributed by atoms with Crippen molar-refractivity contribution in [2.75, 3.05) is 7.11 Å². The van der Waals surface area contributed by atoms with E-state index in [4.69, 9.17) is 23.2 Å². The molecule has 0 spiro atoms. The number of carbonyl (C=O) groups is 1. The van der Waals surface area contributed by atoms with Gasteiger partial charge < -0.3 is 4.74 Å². The molecular formula is C9H7Cl2F2NO2. The van der Waals surface area contributed by atoms with Crippen LogP contribution in [0.15, 0.2) is 6.07 Å². The van der Waals surface area contributed by atoms with E-state index in [0.29, 0.717) is 0 Å². The number of aromatic nitrogens is 1. The molecule has 88 valence electrons. The summed E-state index contributed by atoms with van der Waals surface area (Å²) < 4.78 is 29.5. The molecule has 0 amide bonds. The van der Waals surface area contributed by atoms with E-state index < -0.39 is 18.1 Å². The van der Waals surface area contributed by atoms with Gasteiger partial charge in [0.05, 0.1) is 12.1 Å². The number of esters is 1. The molecule has 7 heteroatoms. The van der Waals surface area contributed by atoms with Crippen LogP contribution in [-0.2, 0) is 10.6 Å². The lowest BCUT2D eigenvalue weighted by Crippen LogP contribution is -2.08. The van der Waals surface area contributed by atoms with Gasteiger partial charge in [-0.3, -0.25) is 0 Å². The van der Waals surface area contributed by atoms with Crippen LogP contribution >= 0.6 is 23.2 Å². The Morgan fingerprint density at radius 3 is 2.69 bits per heavy atom. The minimum Gasteiger partial charge on any atom is -0.464 e. The Kier molecular flexibility index (Phi) is 4.44. The van der Waals surface area contributed by atoms with E-state index in [1.165, 1.54) is 6.07 Å². The molecule has 0 fully saturated rings. The SMILES string of the molecule is COC(=O)c1cc(CCl)c(Cl)c(C(F)F)n1. The maximum absolute atomic E-state index is 12.5. The molecule has 0 N–H and O–H groups in total. The lowest BCUT2D eigenvalue weighted by atomic mass is 10.2. The summed E-state index contributed by atoms with van der Waals surface area (Å²) in [6.45, 7) is 0. The van der Waals surface area contributed by atoms with Gasteiger partial charge in [0, 0.05) is 5.88 Å². The molecule has 1 rings (SSSR count). The summed E-state index contributed by atoms with van der Waals surface area (Å²) in [5, 5.41) is -0.224. The highest BCUT2D eigenvalue weighted by Crippen LogP contribution is 2.29. The Morgan fingerprint density at radius 2 is 2.25 bits per heavy atom. The van der Waals surface area contributed by atoms with Crippen LogP contribution in [0, 0.1) is 0 Å². The predicted molar refractivity (Wildman–Crippen MR) is 55.1 cm³/mol. The minimum absolute atomic E-state index is 0.0922. The summed E-state index contributed by atoms with van der Waals surface area (Å²) in [7, 11) is 1.13. The molecule has 0 bridgehead atoms. The first-order valence-electron chi connectivity index (χ1n) is 4.13. The van der Waals surface area contributed by atoms with Crippen LogP contribution in [0.3, 0.4) is 0 Å². The minimum atomic E-state index is -2.88. The van der Waals surface area contributed by atoms with Gasteiger partial charge in [0.2, 0.25) is 0 Å². The van der Waals surface area contributed by atoms with Crippen molar-refractivity contribution >= 4 is 29.2 Å². The number of alkyl halides is 3. The molecule has 0 aliphatic rings. The van der Waals surface area contributed by atoms with Gasteiger partial charge >= 0.3 is 5.97 Å². The zero-order chi connectivity index (χ0) is 12.3. The lowest BCUT2D eigenvalue weighted by molar-refractivity contribution is 0.0592. The first-order valence-corrected chi connectivity index (χ1v) is 5.04. The number of carbonyl (C=O) groups excluding carboxylic acids is 1. The summed E-state index contributed by atoms with van der Waals surface area (Å²) in [4.78, 5) is 14.6. The van der Waals surface area contributed by atoms with Crippen LogP contribution < -0.4 is 0 Å². The topological polar surface area (TPSA) is 39.2 Å². The fourth-order valence-electron chi connectivity index (χ4n) is 1.05. The molecular weight excluding hydrogens is 263 g/mol. The molecule has 0 saturated carbocycles. The smallest absolute Gasteiger partial charge is 0.356 e. The van der Waals surface area contributed by atoms with E-state index in [9.17, 15) is 13.6 Å². The molecule has 3 nitrogen and oxygen atoms in total. The average molecular weight is 270 g/mol. The average Bonchev–Trinajstić information content (AvgIpc) is 2.27. The largest absolute Gasteiger partial charge is 0.464 e. The Balaban J connectivity index is 3.34. The highest BCUT2D eigenvalue weighted by Gasteiger charge is 2.21. The Morgan fingerprint density at radius 1 is 1.62 bits per heavy atom. The highest BCUT2D eigenvalue weighted by molar-refractivity contribution is 6.33. The Bertz CT molecular complexity index is 413. The number of rotatable bonds is 3. The summed E-state index contributed by atoms with van der Waals surface area (Å²) in [5.41, 5.74) is -0.688. The first-order chi connectivity index (χ1) is 7.51. The van der Waals surface area contributed by atoms with Gasteiger partial charge in [-0.05, 0) is 11.6 Å². The third-order valence-corrected chi connectivity index (χ3v) is 2.53. The van der Waals surface area contributed by atoms with Gasteiger partial charge in [0.25, 0.3) is 6.43 Å². The van der Waals surface area contributed by atoms with Gasteiger partial charge in [-0.1, -0.05) is 11.6 Å². The van der Waals surface area contributed by atoms with E-state index in [-0.39, 0.29) is 22.2 Å². The van der Waals surface area contributed by atoms with Gasteiger partial charge in [-0.25, -0.2) is 18.6 Å². The number of ether oxygens (including phenoxy) is 1. The van der Waals surface area contributed by atoms with Crippen molar-refractivity contribution in [1.82, 2.24) is 4.98 Å². The second kappa shape index (κ2) is 5.41.